The lowest BCUT2D eigenvalue weighted by molar-refractivity contribution is -0.118. The zero-order valence-corrected chi connectivity index (χ0v) is 18.7. The molecule has 0 fully saturated rings. The Labute approximate surface area is 176 Å². The van der Waals surface area contributed by atoms with Crippen molar-refractivity contribution in [2.24, 2.45) is 0 Å². The summed E-state index contributed by atoms with van der Waals surface area (Å²) in [7, 11) is 3.18. The van der Waals surface area contributed by atoms with Crippen molar-refractivity contribution < 1.29 is 17.1 Å². The maximum Gasteiger partial charge on any atom is 0.216 e. The van der Waals surface area contributed by atoms with E-state index in [0.29, 0.717) is 35.9 Å². The maximum absolute atomic E-state index is 10.9. The van der Waals surface area contributed by atoms with Crippen LogP contribution in [-0.2, 0) is 4.79 Å². The van der Waals surface area contributed by atoms with Crippen LogP contribution in [-0.4, -0.2) is 42.8 Å². The quantitative estimate of drug-likeness (QED) is 0.544. The van der Waals surface area contributed by atoms with Gasteiger partial charge in [-0.1, -0.05) is 13.8 Å². The van der Waals surface area contributed by atoms with Gasteiger partial charge < -0.3 is 24.7 Å². The van der Waals surface area contributed by atoms with Crippen molar-refractivity contribution in [1.29, 1.82) is 5.41 Å². The number of rotatable bonds is 9. The molecule has 0 bridgehead atoms. The summed E-state index contributed by atoms with van der Waals surface area (Å²) >= 11 is 0. The van der Waals surface area contributed by atoms with Crippen LogP contribution >= 0.6 is 0 Å². The number of aromatic nitrogens is 2. The summed E-state index contributed by atoms with van der Waals surface area (Å²) in [6, 6.07) is 3.77. The minimum absolute atomic E-state index is 0. The topological polar surface area (TPSA) is 101 Å². The number of unbranched alkanes of at least 4 members (excludes halogenated alkanes) is 1. The van der Waals surface area contributed by atoms with Gasteiger partial charge in [0, 0.05) is 41.0 Å². The molecule has 0 aliphatic rings. The summed E-state index contributed by atoms with van der Waals surface area (Å²) in [6.07, 6.45) is 1.73. The second-order valence-corrected chi connectivity index (χ2v) is 6.59. The highest BCUT2D eigenvalue weighted by atomic mass is 16.5. The fourth-order valence-electron chi connectivity index (χ4n) is 2.93. The minimum atomic E-state index is -0.0186. The number of methoxy groups -OCH3 is 2. The van der Waals surface area contributed by atoms with Crippen molar-refractivity contribution in [2.75, 3.05) is 32.6 Å². The van der Waals surface area contributed by atoms with Crippen LogP contribution in [0, 0.1) is 5.41 Å². The predicted molar refractivity (Wildman–Crippen MR) is 121 cm³/mol. The average Bonchev–Trinajstić information content (AvgIpc) is 2.70. The standard InChI is InChI=1S/C19H29N5O3.C2H6.2H2/c1-12(2)24-15-11-17(27-5)16(26-4)10-14(15)23-19(18(24)20)22-9-7-6-8-21-13(3)25;1-2;;/h10-12,20H,6-9H2,1-5H3,(H,21,25)(H,22,23);1-2H3;2*1H. The van der Waals surface area contributed by atoms with Gasteiger partial charge in [0.1, 0.15) is 0 Å². The van der Waals surface area contributed by atoms with Gasteiger partial charge in [0.25, 0.3) is 0 Å². The van der Waals surface area contributed by atoms with E-state index in [1.165, 1.54) is 6.92 Å². The molecular formula is C21H39N5O3. The second kappa shape index (κ2) is 11.9. The molecule has 166 valence electrons. The largest absolute Gasteiger partial charge is 0.493 e. The molecule has 0 radical (unpaired) electrons. The number of fused-ring (bicyclic) bond motifs is 1. The molecule has 1 aromatic heterocycles. The molecule has 1 aromatic carbocycles. The average molecular weight is 410 g/mol. The third kappa shape index (κ3) is 6.37. The normalized spacial score (nSPS) is 10.3. The molecule has 3 N–H and O–H groups in total. The molecule has 8 nitrogen and oxygen atoms in total. The summed E-state index contributed by atoms with van der Waals surface area (Å²) in [5.74, 6) is 1.73. The van der Waals surface area contributed by atoms with Crippen molar-refractivity contribution in [3.8, 4) is 11.5 Å². The van der Waals surface area contributed by atoms with E-state index in [4.69, 9.17) is 14.9 Å². The number of hydrogen-bond donors (Lipinski definition) is 3. The summed E-state index contributed by atoms with van der Waals surface area (Å²) in [6.45, 7) is 10.9. The van der Waals surface area contributed by atoms with E-state index in [-0.39, 0.29) is 14.8 Å². The molecule has 0 spiro atoms. The third-order valence-corrected chi connectivity index (χ3v) is 4.22. The summed E-state index contributed by atoms with van der Waals surface area (Å²) in [4.78, 5) is 15.5. The number of carbonyl (C=O) groups is 1. The molecule has 0 aliphatic heterocycles. The van der Waals surface area contributed by atoms with E-state index in [2.05, 4.69) is 15.6 Å². The lowest BCUT2D eigenvalue weighted by atomic mass is 10.2. The van der Waals surface area contributed by atoms with Crippen molar-refractivity contribution in [2.45, 2.75) is 53.5 Å². The monoisotopic (exact) mass is 409 g/mol. The molecule has 1 heterocycles. The first kappa shape index (κ1) is 24.3. The summed E-state index contributed by atoms with van der Waals surface area (Å²) < 4.78 is 12.7. The highest BCUT2D eigenvalue weighted by molar-refractivity contribution is 5.81. The van der Waals surface area contributed by atoms with E-state index in [9.17, 15) is 4.79 Å². The number of hydrogen-bond acceptors (Lipinski definition) is 6. The number of nitrogens with zero attached hydrogens (tertiary/aromatic N) is 2. The molecule has 0 aliphatic carbocycles. The Kier molecular flexibility index (Phi) is 9.99. The molecule has 2 aromatic rings. The third-order valence-electron chi connectivity index (χ3n) is 4.22. The molecule has 29 heavy (non-hydrogen) atoms. The van der Waals surface area contributed by atoms with Gasteiger partial charge in [-0.25, -0.2) is 4.98 Å². The van der Waals surface area contributed by atoms with Crippen LogP contribution in [0.2, 0.25) is 0 Å². The van der Waals surface area contributed by atoms with E-state index in [1.54, 1.807) is 14.2 Å². The maximum atomic E-state index is 10.9. The second-order valence-electron chi connectivity index (χ2n) is 6.59. The lowest BCUT2D eigenvalue weighted by Gasteiger charge is -2.19. The zero-order valence-electron chi connectivity index (χ0n) is 18.7. The number of amides is 1. The Morgan fingerprint density at radius 2 is 1.76 bits per heavy atom. The van der Waals surface area contributed by atoms with Crippen LogP contribution in [0.3, 0.4) is 0 Å². The van der Waals surface area contributed by atoms with Gasteiger partial charge in [-0.3, -0.25) is 10.2 Å². The number of nitrogens with one attached hydrogen (secondary N) is 3. The SMILES string of the molecule is CC.COc1cc2nc(NCCCCNC(C)=O)c(=N)n(C(C)C)c2cc1OC.[HH].[HH]. The zero-order chi connectivity index (χ0) is 22.0. The van der Waals surface area contributed by atoms with Gasteiger partial charge in [-0.05, 0) is 26.7 Å². The van der Waals surface area contributed by atoms with E-state index < -0.39 is 0 Å². The van der Waals surface area contributed by atoms with Crippen LogP contribution in [0.5, 0.6) is 11.5 Å². The Hall–Kier alpha value is -2.77. The Morgan fingerprint density at radius 1 is 1.17 bits per heavy atom. The number of carbonyl (C=O) groups excluding carboxylic acids is 1. The predicted octanol–water partition coefficient (Wildman–Crippen LogP) is 3.96. The Balaban J connectivity index is 0. The van der Waals surface area contributed by atoms with Gasteiger partial charge in [0.15, 0.2) is 22.8 Å². The number of ether oxygens (including phenoxy) is 2. The Morgan fingerprint density at radius 3 is 2.31 bits per heavy atom. The fourth-order valence-corrected chi connectivity index (χ4v) is 2.93. The first-order valence-corrected chi connectivity index (χ1v) is 10.1. The van der Waals surface area contributed by atoms with E-state index in [0.717, 1.165) is 23.9 Å². The Bertz CT molecular complexity index is 872. The van der Waals surface area contributed by atoms with Crippen molar-refractivity contribution in [1.82, 2.24) is 14.9 Å². The van der Waals surface area contributed by atoms with Crippen LogP contribution < -0.4 is 25.6 Å². The molecular weight excluding hydrogens is 370 g/mol. The van der Waals surface area contributed by atoms with Crippen LogP contribution in [0.15, 0.2) is 12.1 Å². The number of anilines is 1. The van der Waals surface area contributed by atoms with Gasteiger partial charge in [-0.15, -0.1) is 0 Å². The molecule has 0 unspecified atom stereocenters. The van der Waals surface area contributed by atoms with Crippen molar-refractivity contribution in [3.63, 3.8) is 0 Å². The molecule has 0 saturated carbocycles. The number of benzene rings is 1. The minimum Gasteiger partial charge on any atom is -0.493 e. The van der Waals surface area contributed by atoms with E-state index >= 15 is 0 Å². The van der Waals surface area contributed by atoms with Crippen molar-refractivity contribution >= 4 is 22.8 Å². The first-order valence-electron chi connectivity index (χ1n) is 10.1. The van der Waals surface area contributed by atoms with Crippen LogP contribution in [0.1, 0.15) is 56.4 Å². The summed E-state index contributed by atoms with van der Waals surface area (Å²) in [5, 5.41) is 14.6. The molecule has 0 saturated heterocycles. The van der Waals surface area contributed by atoms with Crippen LogP contribution in [0.25, 0.3) is 11.0 Å². The van der Waals surface area contributed by atoms with Crippen LogP contribution in [0.4, 0.5) is 5.82 Å². The van der Waals surface area contributed by atoms with E-state index in [1.807, 2.05) is 44.4 Å². The highest BCUT2D eigenvalue weighted by Gasteiger charge is 2.15. The van der Waals surface area contributed by atoms with Gasteiger partial charge in [0.05, 0.1) is 25.3 Å². The highest BCUT2D eigenvalue weighted by Crippen LogP contribution is 2.32. The van der Waals surface area contributed by atoms with Crippen molar-refractivity contribution in [3.05, 3.63) is 17.6 Å². The lowest BCUT2D eigenvalue weighted by Crippen LogP contribution is -2.27. The smallest absolute Gasteiger partial charge is 0.216 e. The molecule has 0 atom stereocenters. The fraction of sp³-hybridized carbons (Fsp3) is 0.571. The molecule has 8 heteroatoms. The van der Waals surface area contributed by atoms with Gasteiger partial charge in [0.2, 0.25) is 5.91 Å². The van der Waals surface area contributed by atoms with Gasteiger partial charge in [-0.2, -0.15) is 0 Å². The summed E-state index contributed by atoms with van der Waals surface area (Å²) in [5.41, 5.74) is 1.88. The molecule has 2 rings (SSSR count). The van der Waals surface area contributed by atoms with Gasteiger partial charge >= 0.3 is 0 Å². The first-order chi connectivity index (χ1) is 13.9. The molecule has 1 amide bonds.